The Hall–Kier alpha value is -0.570. The predicted octanol–water partition coefficient (Wildman–Crippen LogP) is 1.88. The zero-order chi connectivity index (χ0) is 9.68. The lowest BCUT2D eigenvalue weighted by Gasteiger charge is -2.24. The molecule has 1 amide bonds. The molecule has 1 aliphatic carbocycles. The van der Waals surface area contributed by atoms with Crippen molar-refractivity contribution < 1.29 is 9.63 Å². The molecule has 0 radical (unpaired) electrons. The Morgan fingerprint density at radius 1 is 1.38 bits per heavy atom. The highest BCUT2D eigenvalue weighted by Crippen LogP contribution is 2.28. The molecule has 1 fully saturated rings. The maximum Gasteiger partial charge on any atom is 0.246 e. The normalized spacial score (nSPS) is 28.5. The Morgan fingerprint density at radius 2 is 2.00 bits per heavy atom. The van der Waals surface area contributed by atoms with Gasteiger partial charge in [-0.2, -0.15) is 0 Å². The van der Waals surface area contributed by atoms with E-state index in [1.54, 1.807) is 0 Å². The third kappa shape index (κ3) is 3.35. The molecule has 0 bridgehead atoms. The van der Waals surface area contributed by atoms with Crippen molar-refractivity contribution in [2.45, 2.75) is 39.5 Å². The second-order valence-electron chi connectivity index (χ2n) is 3.86. The fraction of sp³-hybridized carbons (Fsp3) is 0.900. The van der Waals surface area contributed by atoms with E-state index in [9.17, 15) is 4.79 Å². The molecule has 0 aromatic rings. The summed E-state index contributed by atoms with van der Waals surface area (Å²) in [5.41, 5.74) is 2.48. The van der Waals surface area contributed by atoms with Gasteiger partial charge >= 0.3 is 0 Å². The lowest BCUT2D eigenvalue weighted by atomic mass is 9.83. The maximum atomic E-state index is 11.4. The molecule has 0 aliphatic heterocycles. The van der Waals surface area contributed by atoms with Crippen LogP contribution in [0.25, 0.3) is 0 Å². The lowest BCUT2D eigenvalue weighted by Crippen LogP contribution is -2.32. The van der Waals surface area contributed by atoms with Crippen molar-refractivity contribution >= 4 is 5.91 Å². The Kier molecular flexibility index (Phi) is 4.22. The Balaban J connectivity index is 2.23. The van der Waals surface area contributed by atoms with E-state index >= 15 is 0 Å². The van der Waals surface area contributed by atoms with E-state index in [4.69, 9.17) is 4.84 Å². The molecule has 3 heteroatoms. The van der Waals surface area contributed by atoms with Gasteiger partial charge in [-0.15, -0.1) is 0 Å². The molecular formula is C10H19NO2. The molecule has 13 heavy (non-hydrogen) atoms. The van der Waals surface area contributed by atoms with Crippen molar-refractivity contribution in [2.24, 2.45) is 11.8 Å². The smallest absolute Gasteiger partial charge is 0.246 e. The molecule has 0 heterocycles. The topological polar surface area (TPSA) is 38.3 Å². The zero-order valence-corrected chi connectivity index (χ0v) is 8.51. The lowest BCUT2D eigenvalue weighted by molar-refractivity contribution is -0.138. The quantitative estimate of drug-likeness (QED) is 0.682. The highest BCUT2D eigenvalue weighted by molar-refractivity contribution is 5.77. The molecular weight excluding hydrogens is 166 g/mol. The van der Waals surface area contributed by atoms with Crippen LogP contribution in [0.15, 0.2) is 0 Å². The number of carbonyl (C=O) groups is 1. The highest BCUT2D eigenvalue weighted by atomic mass is 16.6. The van der Waals surface area contributed by atoms with Crippen LogP contribution in [-0.2, 0) is 9.63 Å². The molecule has 1 saturated carbocycles. The Labute approximate surface area is 79.8 Å². The third-order valence-electron chi connectivity index (χ3n) is 2.70. The molecule has 1 N–H and O–H groups in total. The van der Waals surface area contributed by atoms with Crippen LogP contribution in [0.2, 0.25) is 0 Å². The molecule has 3 nitrogen and oxygen atoms in total. The number of hydroxylamine groups is 1. The van der Waals surface area contributed by atoms with Crippen molar-refractivity contribution in [2.75, 3.05) is 6.61 Å². The summed E-state index contributed by atoms with van der Waals surface area (Å²) in [6.07, 6.45) is 4.37. The van der Waals surface area contributed by atoms with Gasteiger partial charge in [-0.05, 0) is 38.5 Å². The average Bonchev–Trinajstić information content (AvgIpc) is 2.15. The summed E-state index contributed by atoms with van der Waals surface area (Å²) in [6, 6.07) is 0. The van der Waals surface area contributed by atoms with Gasteiger partial charge in [-0.3, -0.25) is 9.63 Å². The van der Waals surface area contributed by atoms with Gasteiger partial charge in [0.2, 0.25) is 5.91 Å². The first kappa shape index (κ1) is 10.5. The zero-order valence-electron chi connectivity index (χ0n) is 8.51. The summed E-state index contributed by atoms with van der Waals surface area (Å²) in [5.74, 6) is 1.03. The van der Waals surface area contributed by atoms with Crippen LogP contribution < -0.4 is 5.48 Å². The summed E-state index contributed by atoms with van der Waals surface area (Å²) in [6.45, 7) is 4.65. The van der Waals surface area contributed by atoms with E-state index in [2.05, 4.69) is 12.4 Å². The molecule has 1 rings (SSSR count). The second kappa shape index (κ2) is 5.22. The minimum atomic E-state index is 0.0637. The van der Waals surface area contributed by atoms with Crippen molar-refractivity contribution in [1.29, 1.82) is 0 Å². The van der Waals surface area contributed by atoms with E-state index in [0.29, 0.717) is 6.61 Å². The number of amides is 1. The van der Waals surface area contributed by atoms with Crippen molar-refractivity contribution in [3.8, 4) is 0 Å². The summed E-state index contributed by atoms with van der Waals surface area (Å²) in [7, 11) is 0. The van der Waals surface area contributed by atoms with E-state index in [1.165, 1.54) is 12.8 Å². The minimum absolute atomic E-state index is 0.0637. The summed E-state index contributed by atoms with van der Waals surface area (Å²) >= 11 is 0. The van der Waals surface area contributed by atoms with Gasteiger partial charge in [0, 0.05) is 5.92 Å². The van der Waals surface area contributed by atoms with Crippen molar-refractivity contribution in [3.63, 3.8) is 0 Å². The molecule has 0 aromatic carbocycles. The van der Waals surface area contributed by atoms with Crippen LogP contribution in [0, 0.1) is 11.8 Å². The van der Waals surface area contributed by atoms with Gasteiger partial charge in [0.05, 0.1) is 6.61 Å². The first-order valence-corrected chi connectivity index (χ1v) is 5.15. The number of rotatable bonds is 3. The third-order valence-corrected chi connectivity index (χ3v) is 2.70. The molecule has 76 valence electrons. The van der Waals surface area contributed by atoms with Gasteiger partial charge in [0.15, 0.2) is 0 Å². The fourth-order valence-corrected chi connectivity index (χ4v) is 1.75. The number of nitrogens with one attached hydrogen (secondary N) is 1. The minimum Gasteiger partial charge on any atom is -0.274 e. The summed E-state index contributed by atoms with van der Waals surface area (Å²) in [4.78, 5) is 16.3. The van der Waals surface area contributed by atoms with E-state index in [1.807, 2.05) is 6.92 Å². The van der Waals surface area contributed by atoms with Gasteiger partial charge in [0.25, 0.3) is 0 Å². The maximum absolute atomic E-state index is 11.4. The van der Waals surface area contributed by atoms with Gasteiger partial charge in [-0.25, -0.2) is 5.48 Å². The first-order chi connectivity index (χ1) is 6.24. The van der Waals surface area contributed by atoms with Crippen molar-refractivity contribution in [3.05, 3.63) is 0 Å². The van der Waals surface area contributed by atoms with Crippen LogP contribution in [0.4, 0.5) is 0 Å². The Morgan fingerprint density at radius 3 is 2.54 bits per heavy atom. The number of hydrogen-bond donors (Lipinski definition) is 1. The average molecular weight is 185 g/mol. The van der Waals surface area contributed by atoms with E-state index < -0.39 is 0 Å². The SMILES string of the molecule is CCONC(=O)C1CCC(C)CC1. The number of hydrogen-bond acceptors (Lipinski definition) is 2. The first-order valence-electron chi connectivity index (χ1n) is 5.15. The highest BCUT2D eigenvalue weighted by Gasteiger charge is 2.24. The van der Waals surface area contributed by atoms with Gasteiger partial charge in [0.1, 0.15) is 0 Å². The van der Waals surface area contributed by atoms with Gasteiger partial charge < -0.3 is 0 Å². The van der Waals surface area contributed by atoms with Crippen LogP contribution in [-0.4, -0.2) is 12.5 Å². The summed E-state index contributed by atoms with van der Waals surface area (Å²) < 4.78 is 0. The second-order valence-corrected chi connectivity index (χ2v) is 3.86. The van der Waals surface area contributed by atoms with Crippen LogP contribution >= 0.6 is 0 Å². The largest absolute Gasteiger partial charge is 0.274 e. The molecule has 0 unspecified atom stereocenters. The van der Waals surface area contributed by atoms with E-state index in [-0.39, 0.29) is 11.8 Å². The molecule has 1 aliphatic rings. The fourth-order valence-electron chi connectivity index (χ4n) is 1.75. The molecule has 0 saturated heterocycles. The predicted molar refractivity (Wildman–Crippen MR) is 50.9 cm³/mol. The monoisotopic (exact) mass is 185 g/mol. The molecule has 0 aromatic heterocycles. The molecule has 0 spiro atoms. The van der Waals surface area contributed by atoms with Crippen LogP contribution in [0.3, 0.4) is 0 Å². The standard InChI is InChI=1S/C10H19NO2/c1-3-13-11-10(12)9-6-4-8(2)5-7-9/h8-9H,3-7H2,1-2H3,(H,11,12). The Bertz CT molecular complexity index is 162. The van der Waals surface area contributed by atoms with E-state index in [0.717, 1.165) is 18.8 Å². The van der Waals surface area contributed by atoms with Gasteiger partial charge in [-0.1, -0.05) is 6.92 Å². The summed E-state index contributed by atoms with van der Waals surface area (Å²) in [5, 5.41) is 0. The van der Waals surface area contributed by atoms with Crippen LogP contribution in [0.5, 0.6) is 0 Å². The van der Waals surface area contributed by atoms with Crippen molar-refractivity contribution in [1.82, 2.24) is 5.48 Å². The van der Waals surface area contributed by atoms with Crippen LogP contribution in [0.1, 0.15) is 39.5 Å². The number of carbonyl (C=O) groups excluding carboxylic acids is 1. The molecule has 0 atom stereocenters.